The van der Waals surface area contributed by atoms with Crippen molar-refractivity contribution in [3.05, 3.63) is 78.4 Å². The molecule has 1 aliphatic heterocycles. The molecule has 2 heterocycles. The summed E-state index contributed by atoms with van der Waals surface area (Å²) in [6, 6.07) is 23.1. The molecule has 0 radical (unpaired) electrons. The number of piperidine rings is 1. The van der Waals surface area contributed by atoms with Gasteiger partial charge in [0.05, 0.1) is 0 Å². The van der Waals surface area contributed by atoms with Gasteiger partial charge in [0.25, 0.3) is 0 Å². The average molecular weight is 649 g/mol. The zero-order chi connectivity index (χ0) is 33.3. The van der Waals surface area contributed by atoms with Gasteiger partial charge in [-0.2, -0.15) is 5.21 Å². The number of rotatable bonds is 12. The monoisotopic (exact) mass is 648 g/mol. The first kappa shape index (κ1) is 33.2. The maximum atomic E-state index is 13.7. The molecule has 11 heteroatoms. The molecule has 48 heavy (non-hydrogen) atoms. The van der Waals surface area contributed by atoms with E-state index in [9.17, 15) is 14.4 Å². The summed E-state index contributed by atoms with van der Waals surface area (Å²) < 4.78 is 0. The third-order valence-corrected chi connectivity index (χ3v) is 9.85. The minimum atomic E-state index is -0.538. The van der Waals surface area contributed by atoms with E-state index in [1.165, 1.54) is 0 Å². The molecule has 11 nitrogen and oxygen atoms in total. The number of benzene rings is 3. The second-order valence-electron chi connectivity index (χ2n) is 13.1. The van der Waals surface area contributed by atoms with E-state index < -0.39 is 5.92 Å². The van der Waals surface area contributed by atoms with Crippen molar-refractivity contribution in [1.82, 2.24) is 25.9 Å². The van der Waals surface area contributed by atoms with Crippen LogP contribution < -0.4 is 21.7 Å². The van der Waals surface area contributed by atoms with Gasteiger partial charge in [-0.3, -0.25) is 14.4 Å². The van der Waals surface area contributed by atoms with Gasteiger partial charge < -0.3 is 21.7 Å². The number of hydrogen-bond acceptors (Lipinski definition) is 8. The molecule has 2 amide bonds. The van der Waals surface area contributed by atoms with Crippen LogP contribution >= 0.6 is 0 Å². The lowest BCUT2D eigenvalue weighted by atomic mass is 9.77. The molecule has 3 aromatic carbocycles. The predicted octanol–water partition coefficient (Wildman–Crippen LogP) is 4.99. The van der Waals surface area contributed by atoms with Gasteiger partial charge in [-0.05, 0) is 117 Å². The summed E-state index contributed by atoms with van der Waals surface area (Å²) in [7, 11) is 0. The number of nitrogens with zero attached hydrogens (tertiary/aromatic N) is 3. The number of tetrazole rings is 1. The normalized spacial score (nSPS) is 18.9. The van der Waals surface area contributed by atoms with Gasteiger partial charge in [-0.1, -0.05) is 42.5 Å². The zero-order valence-corrected chi connectivity index (χ0v) is 27.2. The molecule has 1 aliphatic carbocycles. The molecule has 2 fully saturated rings. The summed E-state index contributed by atoms with van der Waals surface area (Å²) in [4.78, 5) is 40.3. The van der Waals surface area contributed by atoms with Crippen LogP contribution in [0.25, 0.3) is 22.5 Å². The third kappa shape index (κ3) is 8.39. The molecule has 0 spiro atoms. The Morgan fingerprint density at radius 3 is 2.21 bits per heavy atom. The smallest absolute Gasteiger partial charge is 0.228 e. The maximum absolute atomic E-state index is 13.7. The second-order valence-corrected chi connectivity index (χ2v) is 13.1. The van der Waals surface area contributed by atoms with Crippen molar-refractivity contribution in [3.63, 3.8) is 0 Å². The number of nitrogens with two attached hydrogens (primary N) is 1. The Morgan fingerprint density at radius 1 is 0.812 bits per heavy atom. The van der Waals surface area contributed by atoms with Crippen LogP contribution in [0.1, 0.15) is 50.5 Å². The number of aromatic amines is 1. The third-order valence-electron chi connectivity index (χ3n) is 9.85. The van der Waals surface area contributed by atoms with Crippen molar-refractivity contribution >= 4 is 29.0 Å². The summed E-state index contributed by atoms with van der Waals surface area (Å²) in [5.41, 5.74) is 10.9. The van der Waals surface area contributed by atoms with E-state index in [4.69, 9.17) is 5.73 Å². The summed E-state index contributed by atoms with van der Waals surface area (Å²) in [6.07, 6.45) is 5.84. The molecule has 1 saturated carbocycles. The van der Waals surface area contributed by atoms with Crippen LogP contribution in [0, 0.1) is 23.7 Å². The quantitative estimate of drug-likeness (QED) is 0.143. The summed E-state index contributed by atoms with van der Waals surface area (Å²) in [6.45, 7) is 2.37. The van der Waals surface area contributed by atoms with E-state index in [1.54, 1.807) is 12.1 Å². The number of hydrogen-bond donors (Lipinski definition) is 5. The summed E-state index contributed by atoms with van der Waals surface area (Å²) >= 11 is 0. The van der Waals surface area contributed by atoms with E-state index in [2.05, 4.69) is 36.6 Å². The minimum absolute atomic E-state index is 0.00608. The maximum Gasteiger partial charge on any atom is 0.228 e. The van der Waals surface area contributed by atoms with E-state index in [0.717, 1.165) is 79.6 Å². The van der Waals surface area contributed by atoms with Crippen LogP contribution in [-0.2, 0) is 20.8 Å². The van der Waals surface area contributed by atoms with Crippen LogP contribution in [0.2, 0.25) is 0 Å². The first-order valence-electron chi connectivity index (χ1n) is 17.0. The molecule has 250 valence electrons. The molecule has 2 aliphatic rings. The highest BCUT2D eigenvalue weighted by Crippen LogP contribution is 2.32. The van der Waals surface area contributed by atoms with Gasteiger partial charge in [0.1, 0.15) is 5.78 Å². The number of H-pyrrole nitrogens is 1. The van der Waals surface area contributed by atoms with Crippen molar-refractivity contribution in [2.45, 2.75) is 51.4 Å². The van der Waals surface area contributed by atoms with E-state index in [0.29, 0.717) is 30.4 Å². The fourth-order valence-electron chi connectivity index (χ4n) is 6.89. The fourth-order valence-corrected chi connectivity index (χ4v) is 6.89. The van der Waals surface area contributed by atoms with Crippen LogP contribution in [0.3, 0.4) is 0 Å². The predicted molar refractivity (Wildman–Crippen MR) is 186 cm³/mol. The number of nitrogens with one attached hydrogen (secondary N) is 4. The van der Waals surface area contributed by atoms with Crippen molar-refractivity contribution in [3.8, 4) is 22.5 Å². The van der Waals surface area contributed by atoms with E-state index >= 15 is 0 Å². The zero-order valence-electron chi connectivity index (χ0n) is 27.2. The van der Waals surface area contributed by atoms with Gasteiger partial charge >= 0.3 is 0 Å². The molecule has 1 aromatic heterocycles. The highest BCUT2D eigenvalue weighted by Gasteiger charge is 2.30. The van der Waals surface area contributed by atoms with Gasteiger partial charge in [0.15, 0.2) is 0 Å². The minimum Gasteiger partial charge on any atom is -0.330 e. The highest BCUT2D eigenvalue weighted by molar-refractivity contribution is 5.97. The van der Waals surface area contributed by atoms with Gasteiger partial charge in [-0.25, -0.2) is 0 Å². The standard InChI is InChI=1S/C37H44N8O3/c38-23-25-7-11-27(12-8-25)34(46)22-30(37(48)40-31-15-13-28(14-16-31)35-42-44-45-43-35)21-24-5-9-26(10-6-24)32-3-1-2-4-33(32)41-36(47)29-17-19-39-20-18-29/h1-6,9-10,13-16,25,27,29-30,39H,7-8,11-12,17-23,38H2,(H,40,48)(H,41,47)(H,42,43,44,45)/t25?,27?,30-/m1/s1. The molecule has 1 saturated heterocycles. The van der Waals surface area contributed by atoms with Crippen LogP contribution in [0.15, 0.2) is 72.8 Å². The SMILES string of the molecule is NCC1CCC(C(=O)C[C@@H](Cc2ccc(-c3ccccc3NC(=O)C3CCNCC3)cc2)C(=O)Nc2ccc(-c3nn[nH]n3)cc2)CC1. The molecule has 0 bridgehead atoms. The molecule has 4 aromatic rings. The van der Waals surface area contributed by atoms with Crippen LogP contribution in [0.5, 0.6) is 0 Å². The fraction of sp³-hybridized carbons (Fsp3) is 0.405. The number of Topliss-reactive ketones (excluding diaryl/α,β-unsaturated/α-hetero) is 1. The van der Waals surface area contributed by atoms with Gasteiger partial charge in [0, 0.05) is 46.7 Å². The molecule has 0 unspecified atom stereocenters. The lowest BCUT2D eigenvalue weighted by Gasteiger charge is -2.27. The average Bonchev–Trinajstić information content (AvgIpc) is 3.68. The summed E-state index contributed by atoms with van der Waals surface area (Å²) in [5, 5.41) is 23.5. The first-order valence-corrected chi connectivity index (χ1v) is 17.0. The number of carbonyl (C=O) groups is 3. The second kappa shape index (κ2) is 15.9. The number of aromatic nitrogens is 4. The lowest BCUT2D eigenvalue weighted by molar-refractivity contribution is -0.129. The van der Waals surface area contributed by atoms with Crippen molar-refractivity contribution in [1.29, 1.82) is 0 Å². The summed E-state index contributed by atoms with van der Waals surface area (Å²) in [5.74, 6) is 0.391. The molecular weight excluding hydrogens is 604 g/mol. The Bertz CT molecular complexity index is 1660. The van der Waals surface area contributed by atoms with Gasteiger partial charge in [-0.15, -0.1) is 10.2 Å². The molecular formula is C37H44N8O3. The van der Waals surface area contributed by atoms with Crippen molar-refractivity contribution in [2.75, 3.05) is 30.3 Å². The lowest BCUT2D eigenvalue weighted by Crippen LogP contribution is -2.34. The Balaban J connectivity index is 1.16. The topological polar surface area (TPSA) is 168 Å². The molecule has 1 atom stereocenters. The molecule has 6 rings (SSSR count). The number of para-hydroxylation sites is 1. The van der Waals surface area contributed by atoms with Gasteiger partial charge in [0.2, 0.25) is 17.6 Å². The number of ketones is 1. The Kier molecular flexibility index (Phi) is 11.0. The van der Waals surface area contributed by atoms with Crippen molar-refractivity contribution < 1.29 is 14.4 Å². The number of anilines is 2. The van der Waals surface area contributed by atoms with Crippen LogP contribution in [0.4, 0.5) is 11.4 Å². The Morgan fingerprint density at radius 2 is 1.52 bits per heavy atom. The highest BCUT2D eigenvalue weighted by atomic mass is 16.2. The Hall–Kier alpha value is -4.74. The van der Waals surface area contributed by atoms with Crippen LogP contribution in [-0.4, -0.2) is 57.9 Å². The molecule has 6 N–H and O–H groups in total. The number of amides is 2. The first-order chi connectivity index (χ1) is 23.5. The largest absolute Gasteiger partial charge is 0.330 e. The van der Waals surface area contributed by atoms with E-state index in [-0.39, 0.29) is 35.9 Å². The van der Waals surface area contributed by atoms with E-state index in [1.807, 2.05) is 60.7 Å². The Labute approximate surface area is 280 Å². The van der Waals surface area contributed by atoms with Crippen molar-refractivity contribution in [2.24, 2.45) is 29.4 Å². The number of carbonyl (C=O) groups excluding carboxylic acids is 3.